The zero-order chi connectivity index (χ0) is 12.4. The van der Waals surface area contributed by atoms with Crippen molar-refractivity contribution in [1.29, 1.82) is 0 Å². The summed E-state index contributed by atoms with van der Waals surface area (Å²) in [7, 11) is 0. The average molecular weight is 239 g/mol. The second-order valence-electron chi connectivity index (χ2n) is 4.73. The summed E-state index contributed by atoms with van der Waals surface area (Å²) in [6.07, 6.45) is 4.16. The smallest absolute Gasteiger partial charge is 0.0617 e. The molecule has 0 bridgehead atoms. The van der Waals surface area contributed by atoms with E-state index in [2.05, 4.69) is 34.1 Å². The van der Waals surface area contributed by atoms with Crippen molar-refractivity contribution in [3.05, 3.63) is 53.9 Å². The number of para-hydroxylation sites is 1. The predicted octanol–water partition coefficient (Wildman–Crippen LogP) is 2.62. The van der Waals surface area contributed by atoms with E-state index in [1.807, 2.05) is 12.1 Å². The largest absolute Gasteiger partial charge is 0.399 e. The molecule has 0 aliphatic carbocycles. The molecule has 3 nitrogen and oxygen atoms in total. The molecule has 1 aromatic carbocycles. The molecule has 1 aliphatic rings. The molecule has 3 heteroatoms. The summed E-state index contributed by atoms with van der Waals surface area (Å²) in [5, 5.41) is 0. The van der Waals surface area contributed by atoms with Crippen molar-refractivity contribution in [3.63, 3.8) is 0 Å². The van der Waals surface area contributed by atoms with E-state index in [9.17, 15) is 0 Å². The zero-order valence-electron chi connectivity index (χ0n) is 10.3. The average Bonchev–Trinajstić information content (AvgIpc) is 2.39. The van der Waals surface area contributed by atoms with Crippen molar-refractivity contribution in [2.75, 3.05) is 17.2 Å². The predicted molar refractivity (Wildman–Crippen MR) is 74.5 cm³/mol. The maximum absolute atomic E-state index is 5.80. The molecule has 92 valence electrons. The molecule has 1 aromatic heterocycles. The van der Waals surface area contributed by atoms with Crippen LogP contribution in [0.1, 0.15) is 17.7 Å². The van der Waals surface area contributed by atoms with Gasteiger partial charge in [-0.25, -0.2) is 0 Å². The molecule has 2 aromatic rings. The maximum Gasteiger partial charge on any atom is 0.0617 e. The van der Waals surface area contributed by atoms with Crippen LogP contribution in [0.5, 0.6) is 0 Å². The highest BCUT2D eigenvalue weighted by molar-refractivity contribution is 5.55. The molecule has 0 atom stereocenters. The molecule has 0 radical (unpaired) electrons. The van der Waals surface area contributed by atoms with Crippen LogP contribution in [-0.2, 0) is 13.0 Å². The molecule has 0 saturated heterocycles. The Bertz CT molecular complexity index is 551. The Morgan fingerprint density at radius 3 is 3.00 bits per heavy atom. The van der Waals surface area contributed by atoms with Gasteiger partial charge in [-0.1, -0.05) is 18.2 Å². The number of nitrogens with two attached hydrogens (primary N) is 1. The first-order valence-electron chi connectivity index (χ1n) is 6.36. The first-order chi connectivity index (χ1) is 8.83. The normalized spacial score (nSPS) is 14.3. The lowest BCUT2D eigenvalue weighted by atomic mass is 10.0. The van der Waals surface area contributed by atoms with Gasteiger partial charge in [0.05, 0.1) is 12.2 Å². The fourth-order valence-electron chi connectivity index (χ4n) is 2.55. The highest BCUT2D eigenvalue weighted by atomic mass is 15.1. The molecule has 3 rings (SSSR count). The number of hydrogen-bond acceptors (Lipinski definition) is 3. The highest BCUT2D eigenvalue weighted by Crippen LogP contribution is 2.27. The Morgan fingerprint density at radius 2 is 2.11 bits per heavy atom. The summed E-state index contributed by atoms with van der Waals surface area (Å²) in [4.78, 5) is 6.77. The third-order valence-corrected chi connectivity index (χ3v) is 3.40. The van der Waals surface area contributed by atoms with E-state index in [0.29, 0.717) is 0 Å². The van der Waals surface area contributed by atoms with E-state index >= 15 is 0 Å². The third kappa shape index (κ3) is 2.16. The van der Waals surface area contributed by atoms with Gasteiger partial charge < -0.3 is 10.6 Å². The van der Waals surface area contributed by atoms with Crippen LogP contribution < -0.4 is 10.6 Å². The Hall–Kier alpha value is -2.03. The van der Waals surface area contributed by atoms with Crippen LogP contribution >= 0.6 is 0 Å². The molecule has 0 fully saturated rings. The monoisotopic (exact) mass is 239 g/mol. The van der Waals surface area contributed by atoms with E-state index in [-0.39, 0.29) is 0 Å². The number of nitrogen functional groups attached to an aromatic ring is 1. The number of aryl methyl sites for hydroxylation is 1. The van der Waals surface area contributed by atoms with Crippen LogP contribution in [0.2, 0.25) is 0 Å². The molecule has 0 spiro atoms. The Morgan fingerprint density at radius 1 is 1.22 bits per heavy atom. The molecule has 2 N–H and O–H groups in total. The minimum Gasteiger partial charge on any atom is -0.399 e. The molecule has 0 saturated carbocycles. The van der Waals surface area contributed by atoms with Crippen molar-refractivity contribution in [1.82, 2.24) is 4.98 Å². The minimum absolute atomic E-state index is 0.783. The molecule has 2 heterocycles. The Balaban J connectivity index is 1.86. The van der Waals surface area contributed by atoms with Gasteiger partial charge in [0.2, 0.25) is 0 Å². The van der Waals surface area contributed by atoms with Crippen LogP contribution in [0.25, 0.3) is 0 Å². The van der Waals surface area contributed by atoms with Gasteiger partial charge in [-0.15, -0.1) is 0 Å². The van der Waals surface area contributed by atoms with Crippen molar-refractivity contribution in [3.8, 4) is 0 Å². The Kier molecular flexibility index (Phi) is 2.89. The number of anilines is 2. The number of nitrogens with zero attached hydrogens (tertiary/aromatic N) is 2. The van der Waals surface area contributed by atoms with Gasteiger partial charge in [-0.05, 0) is 36.6 Å². The van der Waals surface area contributed by atoms with E-state index < -0.39 is 0 Å². The van der Waals surface area contributed by atoms with Crippen LogP contribution in [0.15, 0.2) is 42.6 Å². The van der Waals surface area contributed by atoms with E-state index in [4.69, 9.17) is 5.73 Å². The number of benzene rings is 1. The summed E-state index contributed by atoms with van der Waals surface area (Å²) < 4.78 is 0. The topological polar surface area (TPSA) is 42.1 Å². The molecule has 0 unspecified atom stereocenters. The van der Waals surface area contributed by atoms with Crippen molar-refractivity contribution >= 4 is 11.4 Å². The van der Waals surface area contributed by atoms with Crippen LogP contribution in [-0.4, -0.2) is 11.5 Å². The van der Waals surface area contributed by atoms with Gasteiger partial charge in [0, 0.05) is 24.1 Å². The number of pyridine rings is 1. The SMILES string of the molecule is Nc1ccnc(CN2CCCc3ccccc32)c1. The van der Waals surface area contributed by atoms with Gasteiger partial charge in [-0.2, -0.15) is 0 Å². The van der Waals surface area contributed by atoms with Crippen molar-refractivity contribution in [2.24, 2.45) is 0 Å². The van der Waals surface area contributed by atoms with Gasteiger partial charge in [0.1, 0.15) is 0 Å². The van der Waals surface area contributed by atoms with Gasteiger partial charge >= 0.3 is 0 Å². The quantitative estimate of drug-likeness (QED) is 0.876. The summed E-state index contributed by atoms with van der Waals surface area (Å²) >= 11 is 0. The fourth-order valence-corrected chi connectivity index (χ4v) is 2.55. The second kappa shape index (κ2) is 4.69. The van der Waals surface area contributed by atoms with Crippen LogP contribution in [0.3, 0.4) is 0 Å². The van der Waals surface area contributed by atoms with E-state index in [1.165, 1.54) is 24.1 Å². The summed E-state index contributed by atoms with van der Waals surface area (Å²) in [5.74, 6) is 0. The van der Waals surface area contributed by atoms with Gasteiger partial charge in [0.25, 0.3) is 0 Å². The lowest BCUT2D eigenvalue weighted by molar-refractivity contribution is 0.684. The summed E-state index contributed by atoms with van der Waals surface area (Å²) in [6.45, 7) is 1.93. The first-order valence-corrected chi connectivity index (χ1v) is 6.36. The highest BCUT2D eigenvalue weighted by Gasteiger charge is 2.16. The molecule has 0 amide bonds. The van der Waals surface area contributed by atoms with Crippen LogP contribution in [0, 0.1) is 0 Å². The van der Waals surface area contributed by atoms with Crippen LogP contribution in [0.4, 0.5) is 11.4 Å². The first kappa shape index (κ1) is 11.1. The standard InChI is InChI=1S/C15H17N3/c16-13-7-8-17-14(10-13)11-18-9-3-5-12-4-1-2-6-15(12)18/h1-2,4,6-8,10H,3,5,9,11H2,(H2,16,17). The second-order valence-corrected chi connectivity index (χ2v) is 4.73. The number of aromatic nitrogens is 1. The number of hydrogen-bond donors (Lipinski definition) is 1. The van der Waals surface area contributed by atoms with E-state index in [1.54, 1.807) is 6.20 Å². The number of rotatable bonds is 2. The Labute approximate surface area is 107 Å². The van der Waals surface area contributed by atoms with Crippen molar-refractivity contribution < 1.29 is 0 Å². The summed E-state index contributed by atoms with van der Waals surface area (Å²) in [5.41, 5.74) is 10.4. The fraction of sp³-hybridized carbons (Fsp3) is 0.267. The lowest BCUT2D eigenvalue weighted by Gasteiger charge is -2.31. The minimum atomic E-state index is 0.783. The maximum atomic E-state index is 5.80. The zero-order valence-corrected chi connectivity index (χ0v) is 10.3. The lowest BCUT2D eigenvalue weighted by Crippen LogP contribution is -2.29. The van der Waals surface area contributed by atoms with E-state index in [0.717, 1.165) is 24.5 Å². The molecule has 18 heavy (non-hydrogen) atoms. The summed E-state index contributed by atoms with van der Waals surface area (Å²) in [6, 6.07) is 12.4. The van der Waals surface area contributed by atoms with Crippen molar-refractivity contribution in [2.45, 2.75) is 19.4 Å². The molecular weight excluding hydrogens is 222 g/mol. The molecule has 1 aliphatic heterocycles. The van der Waals surface area contributed by atoms with Gasteiger partial charge in [0.15, 0.2) is 0 Å². The third-order valence-electron chi connectivity index (χ3n) is 3.40. The molecular formula is C15H17N3. The number of fused-ring (bicyclic) bond motifs is 1. The van der Waals surface area contributed by atoms with Gasteiger partial charge in [-0.3, -0.25) is 4.98 Å².